The molecule has 4 nitrogen and oxygen atoms in total. The lowest BCUT2D eigenvalue weighted by Crippen LogP contribution is -2.11. The zero-order chi connectivity index (χ0) is 14.0. The van der Waals surface area contributed by atoms with Gasteiger partial charge in [-0.3, -0.25) is 9.00 Å². The lowest BCUT2D eigenvalue weighted by atomic mass is 10.0. The van der Waals surface area contributed by atoms with Gasteiger partial charge in [0.15, 0.2) is 11.5 Å². The second-order valence-corrected chi connectivity index (χ2v) is 6.47. The Morgan fingerprint density at radius 3 is 2.58 bits per heavy atom. The minimum atomic E-state index is -1.18. The number of aryl methyl sites for hydroxylation is 1. The van der Waals surface area contributed by atoms with E-state index in [1.165, 1.54) is 6.26 Å². The average molecular weight is 342 g/mol. The first-order valence-corrected chi connectivity index (χ1v) is 8.06. The lowest BCUT2D eigenvalue weighted by Gasteiger charge is -2.01. The number of carbonyl (C=O) groups excluding carboxylic acids is 1. The fraction of sp³-hybridized carbons (Fsp3) is 0.231. The smallest absolute Gasteiger partial charge is 0.181 e. The van der Waals surface area contributed by atoms with Crippen molar-refractivity contribution < 1.29 is 13.5 Å². The SMILES string of the molecule is Cc1noc(-c2ccc(Br)cc2)c1C(=O)CS(C)=O. The largest absolute Gasteiger partial charge is 0.355 e. The number of hydrogen-bond donors (Lipinski definition) is 0. The minimum Gasteiger partial charge on any atom is -0.355 e. The molecule has 2 rings (SSSR count). The quantitative estimate of drug-likeness (QED) is 0.802. The lowest BCUT2D eigenvalue weighted by molar-refractivity contribution is 0.102. The van der Waals surface area contributed by atoms with Crippen LogP contribution in [-0.2, 0) is 10.8 Å². The third-order valence-corrected chi connectivity index (χ3v) is 3.78. The number of nitrogens with zero attached hydrogens (tertiary/aromatic N) is 1. The van der Waals surface area contributed by atoms with Crippen LogP contribution < -0.4 is 0 Å². The molecule has 1 unspecified atom stereocenters. The van der Waals surface area contributed by atoms with Crippen molar-refractivity contribution in [2.45, 2.75) is 6.92 Å². The first kappa shape index (κ1) is 14.1. The van der Waals surface area contributed by atoms with Crippen LogP contribution in [-0.4, -0.2) is 27.2 Å². The van der Waals surface area contributed by atoms with Gasteiger partial charge in [-0.05, 0) is 31.2 Å². The van der Waals surface area contributed by atoms with Crippen LogP contribution in [0, 0.1) is 6.92 Å². The molecular weight excluding hydrogens is 330 g/mol. The van der Waals surface area contributed by atoms with Gasteiger partial charge in [-0.25, -0.2) is 0 Å². The highest BCUT2D eigenvalue weighted by Crippen LogP contribution is 2.27. The number of aromatic nitrogens is 1. The maximum Gasteiger partial charge on any atom is 0.181 e. The molecule has 0 radical (unpaired) electrons. The number of halogens is 1. The molecule has 0 aliphatic carbocycles. The molecular formula is C13H12BrNO3S. The molecule has 0 fully saturated rings. The van der Waals surface area contributed by atoms with Gasteiger partial charge < -0.3 is 4.52 Å². The summed E-state index contributed by atoms with van der Waals surface area (Å²) in [6.07, 6.45) is 1.50. The molecule has 6 heteroatoms. The van der Waals surface area contributed by atoms with Gasteiger partial charge in [0.2, 0.25) is 0 Å². The molecule has 1 aromatic carbocycles. The fourth-order valence-electron chi connectivity index (χ4n) is 1.75. The number of Topliss-reactive ketones (excluding diaryl/α,β-unsaturated/α-hetero) is 1. The predicted molar refractivity (Wildman–Crippen MR) is 77.6 cm³/mol. The number of rotatable bonds is 4. The third kappa shape index (κ3) is 3.19. The van der Waals surface area contributed by atoms with Crippen LogP contribution in [0.3, 0.4) is 0 Å². The molecule has 2 aromatic rings. The maximum atomic E-state index is 12.1. The van der Waals surface area contributed by atoms with Gasteiger partial charge in [-0.2, -0.15) is 0 Å². The minimum absolute atomic E-state index is 0.0222. The number of benzene rings is 1. The summed E-state index contributed by atoms with van der Waals surface area (Å²) in [7, 11) is -1.18. The van der Waals surface area contributed by atoms with E-state index in [1.54, 1.807) is 6.92 Å². The summed E-state index contributed by atoms with van der Waals surface area (Å²) in [5.41, 5.74) is 1.71. The molecule has 0 spiro atoms. The molecule has 0 aliphatic rings. The van der Waals surface area contributed by atoms with Gasteiger partial charge in [-0.15, -0.1) is 0 Å². The van der Waals surface area contributed by atoms with E-state index in [0.717, 1.165) is 10.0 Å². The standard InChI is InChI=1S/C13H12BrNO3S/c1-8-12(11(16)7-19(2)17)13(18-15-8)9-3-5-10(14)6-4-9/h3-6H,7H2,1-2H3. The van der Waals surface area contributed by atoms with Gasteiger partial charge in [0, 0.05) is 27.1 Å². The topological polar surface area (TPSA) is 60.2 Å². The molecule has 1 atom stereocenters. The number of ketones is 1. The Labute approximate surface area is 121 Å². The van der Waals surface area contributed by atoms with Crippen LogP contribution in [0.25, 0.3) is 11.3 Å². The molecule has 100 valence electrons. The molecule has 1 heterocycles. The monoisotopic (exact) mass is 341 g/mol. The van der Waals surface area contributed by atoms with Crippen molar-refractivity contribution in [3.05, 3.63) is 40.0 Å². The van der Waals surface area contributed by atoms with Crippen LogP contribution in [0.5, 0.6) is 0 Å². The Hall–Kier alpha value is -1.27. The van der Waals surface area contributed by atoms with Crippen LogP contribution in [0.15, 0.2) is 33.3 Å². The first-order valence-electron chi connectivity index (χ1n) is 5.54. The van der Waals surface area contributed by atoms with Crippen LogP contribution in [0.2, 0.25) is 0 Å². The summed E-state index contributed by atoms with van der Waals surface area (Å²) in [5.74, 6) is 0.198. The van der Waals surface area contributed by atoms with Crippen molar-refractivity contribution in [3.8, 4) is 11.3 Å². The second kappa shape index (κ2) is 5.79. The van der Waals surface area contributed by atoms with E-state index in [-0.39, 0.29) is 11.5 Å². The summed E-state index contributed by atoms with van der Waals surface area (Å²) >= 11 is 3.35. The van der Waals surface area contributed by atoms with Crippen molar-refractivity contribution in [1.29, 1.82) is 0 Å². The summed E-state index contributed by atoms with van der Waals surface area (Å²) in [5, 5.41) is 3.84. The van der Waals surface area contributed by atoms with E-state index in [4.69, 9.17) is 4.52 Å². The van der Waals surface area contributed by atoms with Crippen LogP contribution in [0.1, 0.15) is 16.1 Å². The maximum absolute atomic E-state index is 12.1. The van der Waals surface area contributed by atoms with E-state index in [2.05, 4.69) is 21.1 Å². The highest BCUT2D eigenvalue weighted by molar-refractivity contribution is 9.10. The van der Waals surface area contributed by atoms with E-state index >= 15 is 0 Å². The van der Waals surface area contributed by atoms with E-state index in [1.807, 2.05) is 24.3 Å². The number of carbonyl (C=O) groups is 1. The van der Waals surface area contributed by atoms with Crippen molar-refractivity contribution in [3.63, 3.8) is 0 Å². The summed E-state index contributed by atoms with van der Waals surface area (Å²) in [6.45, 7) is 1.71. The Morgan fingerprint density at radius 1 is 1.37 bits per heavy atom. The molecule has 0 aliphatic heterocycles. The van der Waals surface area contributed by atoms with E-state index < -0.39 is 10.8 Å². The predicted octanol–water partition coefficient (Wildman–Crippen LogP) is 2.97. The summed E-state index contributed by atoms with van der Waals surface area (Å²) in [4.78, 5) is 12.1. The fourth-order valence-corrected chi connectivity index (χ4v) is 2.53. The second-order valence-electron chi connectivity index (χ2n) is 4.12. The van der Waals surface area contributed by atoms with Gasteiger partial charge in [0.25, 0.3) is 0 Å². The average Bonchev–Trinajstić information content (AvgIpc) is 2.71. The van der Waals surface area contributed by atoms with Crippen molar-refractivity contribution >= 4 is 32.5 Å². The van der Waals surface area contributed by atoms with Gasteiger partial charge in [0.1, 0.15) is 0 Å². The molecule has 0 bridgehead atoms. The molecule has 0 saturated heterocycles. The highest BCUT2D eigenvalue weighted by Gasteiger charge is 2.22. The van der Waals surface area contributed by atoms with Crippen molar-refractivity contribution in [1.82, 2.24) is 5.16 Å². The van der Waals surface area contributed by atoms with E-state index in [0.29, 0.717) is 17.0 Å². The van der Waals surface area contributed by atoms with E-state index in [9.17, 15) is 9.00 Å². The Morgan fingerprint density at radius 2 is 2.00 bits per heavy atom. The molecule has 0 N–H and O–H groups in total. The Balaban J connectivity index is 2.45. The third-order valence-electron chi connectivity index (χ3n) is 2.58. The number of hydrogen-bond acceptors (Lipinski definition) is 4. The molecule has 1 aromatic heterocycles. The van der Waals surface area contributed by atoms with Crippen LogP contribution in [0.4, 0.5) is 0 Å². The van der Waals surface area contributed by atoms with Gasteiger partial charge in [0.05, 0.1) is 17.0 Å². The Kier molecular flexibility index (Phi) is 4.31. The normalized spacial score (nSPS) is 12.4. The molecule has 19 heavy (non-hydrogen) atoms. The van der Waals surface area contributed by atoms with Gasteiger partial charge >= 0.3 is 0 Å². The van der Waals surface area contributed by atoms with Gasteiger partial charge in [-0.1, -0.05) is 21.1 Å². The first-order chi connectivity index (χ1) is 8.99. The zero-order valence-electron chi connectivity index (χ0n) is 10.5. The summed E-state index contributed by atoms with van der Waals surface area (Å²) < 4.78 is 17.4. The zero-order valence-corrected chi connectivity index (χ0v) is 12.9. The molecule has 0 saturated carbocycles. The van der Waals surface area contributed by atoms with Crippen molar-refractivity contribution in [2.75, 3.05) is 12.0 Å². The Bertz CT molecular complexity index is 634. The summed E-state index contributed by atoms with van der Waals surface area (Å²) in [6, 6.07) is 7.40. The molecule has 0 amide bonds. The van der Waals surface area contributed by atoms with Crippen LogP contribution >= 0.6 is 15.9 Å². The van der Waals surface area contributed by atoms with Crippen molar-refractivity contribution in [2.24, 2.45) is 0 Å². The highest BCUT2D eigenvalue weighted by atomic mass is 79.9.